The Hall–Kier alpha value is -1.32. The second-order valence-electron chi connectivity index (χ2n) is 2.80. The van der Waals surface area contributed by atoms with Crippen LogP contribution in [0.5, 0.6) is 0 Å². The van der Waals surface area contributed by atoms with Crippen molar-refractivity contribution in [2.24, 2.45) is 5.92 Å². The minimum atomic E-state index is -1.38. The molecule has 0 heterocycles. The second kappa shape index (κ2) is 4.64. The third kappa shape index (κ3) is 2.89. The molecule has 0 spiro atoms. The van der Waals surface area contributed by atoms with E-state index in [0.29, 0.717) is 0 Å². The SMILES string of the molecule is CCC(=O)C(=O)C(C(C)=O)C(C)=O. The number of carbonyl (C=O) groups is 4. The van der Waals surface area contributed by atoms with Crippen LogP contribution < -0.4 is 0 Å². The Kier molecular flexibility index (Phi) is 4.17. The Balaban J connectivity index is 4.77. The van der Waals surface area contributed by atoms with Gasteiger partial charge in [-0.05, 0) is 13.8 Å². The van der Waals surface area contributed by atoms with Gasteiger partial charge in [0.2, 0.25) is 5.78 Å². The average Bonchev–Trinajstić information content (AvgIpc) is 2.01. The smallest absolute Gasteiger partial charge is 0.216 e. The van der Waals surface area contributed by atoms with E-state index in [4.69, 9.17) is 0 Å². The maximum absolute atomic E-state index is 11.2. The molecule has 0 aliphatic carbocycles. The van der Waals surface area contributed by atoms with Gasteiger partial charge in [0, 0.05) is 6.42 Å². The largest absolute Gasteiger partial charge is 0.299 e. The van der Waals surface area contributed by atoms with E-state index in [-0.39, 0.29) is 6.42 Å². The van der Waals surface area contributed by atoms with E-state index in [0.717, 1.165) is 13.8 Å². The molecule has 0 radical (unpaired) electrons. The molecule has 0 aromatic rings. The molecule has 0 aliphatic rings. The molecule has 0 rings (SSSR count). The van der Waals surface area contributed by atoms with Gasteiger partial charge in [-0.3, -0.25) is 19.2 Å². The highest BCUT2D eigenvalue weighted by Crippen LogP contribution is 2.04. The Labute approximate surface area is 76.3 Å². The highest BCUT2D eigenvalue weighted by molar-refractivity contribution is 6.45. The zero-order valence-electron chi connectivity index (χ0n) is 7.92. The van der Waals surface area contributed by atoms with Crippen molar-refractivity contribution in [1.82, 2.24) is 0 Å². The summed E-state index contributed by atoms with van der Waals surface area (Å²) >= 11 is 0. The lowest BCUT2D eigenvalue weighted by Gasteiger charge is -2.06. The number of hydrogen-bond donors (Lipinski definition) is 0. The van der Waals surface area contributed by atoms with E-state index >= 15 is 0 Å². The van der Waals surface area contributed by atoms with Crippen LogP contribution in [0.4, 0.5) is 0 Å². The van der Waals surface area contributed by atoms with Gasteiger partial charge in [0.05, 0.1) is 0 Å². The van der Waals surface area contributed by atoms with Crippen molar-refractivity contribution in [2.45, 2.75) is 27.2 Å². The summed E-state index contributed by atoms with van der Waals surface area (Å²) in [4.78, 5) is 43.8. The summed E-state index contributed by atoms with van der Waals surface area (Å²) in [6.07, 6.45) is 0.0237. The molecule has 0 aromatic heterocycles. The standard InChI is InChI=1S/C9H12O4/c1-4-7(12)9(13)8(5(2)10)6(3)11/h8H,4H2,1-3H3. The lowest BCUT2D eigenvalue weighted by Crippen LogP contribution is -2.33. The Morgan fingerprint density at radius 2 is 1.38 bits per heavy atom. The summed E-state index contributed by atoms with van der Waals surface area (Å²) in [5.74, 6) is -4.08. The summed E-state index contributed by atoms with van der Waals surface area (Å²) in [5.41, 5.74) is 0. The van der Waals surface area contributed by atoms with E-state index in [1.165, 1.54) is 6.92 Å². The molecule has 0 bridgehead atoms. The third-order valence-electron chi connectivity index (χ3n) is 1.67. The Morgan fingerprint density at radius 1 is 1.00 bits per heavy atom. The number of carbonyl (C=O) groups excluding carboxylic acids is 4. The summed E-state index contributed by atoms with van der Waals surface area (Å²) in [5, 5.41) is 0. The van der Waals surface area contributed by atoms with Crippen LogP contribution in [0.3, 0.4) is 0 Å². The average molecular weight is 184 g/mol. The van der Waals surface area contributed by atoms with Gasteiger partial charge in [0.1, 0.15) is 17.5 Å². The van der Waals surface area contributed by atoms with Gasteiger partial charge < -0.3 is 0 Å². The van der Waals surface area contributed by atoms with Crippen LogP contribution in [0.15, 0.2) is 0 Å². The molecule has 0 aromatic carbocycles. The van der Waals surface area contributed by atoms with Gasteiger partial charge in [-0.2, -0.15) is 0 Å². The number of rotatable bonds is 5. The van der Waals surface area contributed by atoms with Crippen molar-refractivity contribution in [3.63, 3.8) is 0 Å². The number of hydrogen-bond acceptors (Lipinski definition) is 4. The van der Waals surface area contributed by atoms with E-state index in [9.17, 15) is 19.2 Å². The minimum absolute atomic E-state index is 0.0237. The topological polar surface area (TPSA) is 68.3 Å². The molecular formula is C9H12O4. The molecule has 4 heteroatoms. The van der Waals surface area contributed by atoms with Gasteiger partial charge in [0.15, 0.2) is 5.78 Å². The van der Waals surface area contributed by atoms with Crippen molar-refractivity contribution in [1.29, 1.82) is 0 Å². The summed E-state index contributed by atoms with van der Waals surface area (Å²) in [6, 6.07) is 0. The van der Waals surface area contributed by atoms with Crippen LogP contribution in [-0.2, 0) is 19.2 Å². The maximum Gasteiger partial charge on any atom is 0.216 e. The van der Waals surface area contributed by atoms with Crippen LogP contribution in [0.1, 0.15) is 27.2 Å². The molecule has 72 valence electrons. The Bertz CT molecular complexity index is 251. The van der Waals surface area contributed by atoms with Crippen molar-refractivity contribution >= 4 is 23.1 Å². The fourth-order valence-electron chi connectivity index (χ4n) is 0.991. The van der Waals surface area contributed by atoms with Crippen LogP contribution in [-0.4, -0.2) is 23.1 Å². The van der Waals surface area contributed by atoms with Crippen LogP contribution in [0, 0.1) is 5.92 Å². The number of Topliss-reactive ketones (excluding diaryl/α,β-unsaturated/α-hetero) is 4. The van der Waals surface area contributed by atoms with Crippen LogP contribution in [0.25, 0.3) is 0 Å². The summed E-state index contributed by atoms with van der Waals surface area (Å²) < 4.78 is 0. The number of ketones is 4. The molecular weight excluding hydrogens is 172 g/mol. The molecule has 13 heavy (non-hydrogen) atoms. The van der Waals surface area contributed by atoms with E-state index in [1.54, 1.807) is 0 Å². The van der Waals surface area contributed by atoms with Crippen LogP contribution >= 0.6 is 0 Å². The molecule has 0 aliphatic heterocycles. The first-order valence-electron chi connectivity index (χ1n) is 3.99. The predicted octanol–water partition coefficient (Wildman–Crippen LogP) is 0.329. The highest BCUT2D eigenvalue weighted by Gasteiger charge is 2.31. The first-order valence-corrected chi connectivity index (χ1v) is 3.99. The normalized spacial score (nSPS) is 9.85. The lowest BCUT2D eigenvalue weighted by molar-refractivity contribution is -0.145. The molecule has 0 amide bonds. The fourth-order valence-corrected chi connectivity index (χ4v) is 0.991. The molecule has 4 nitrogen and oxygen atoms in total. The molecule has 0 saturated heterocycles. The van der Waals surface area contributed by atoms with Gasteiger partial charge >= 0.3 is 0 Å². The molecule has 0 atom stereocenters. The zero-order chi connectivity index (χ0) is 10.6. The summed E-state index contributed by atoms with van der Waals surface area (Å²) in [7, 11) is 0. The van der Waals surface area contributed by atoms with Crippen molar-refractivity contribution in [2.75, 3.05) is 0 Å². The van der Waals surface area contributed by atoms with Gasteiger partial charge in [-0.25, -0.2) is 0 Å². The zero-order valence-corrected chi connectivity index (χ0v) is 7.92. The van der Waals surface area contributed by atoms with E-state index < -0.39 is 29.1 Å². The molecule has 0 fully saturated rings. The van der Waals surface area contributed by atoms with Gasteiger partial charge in [-0.1, -0.05) is 6.92 Å². The van der Waals surface area contributed by atoms with Crippen molar-refractivity contribution < 1.29 is 19.2 Å². The molecule has 0 saturated carbocycles. The quantitative estimate of drug-likeness (QED) is 0.456. The Morgan fingerprint density at radius 3 is 1.62 bits per heavy atom. The fraction of sp³-hybridized carbons (Fsp3) is 0.556. The molecule has 0 unspecified atom stereocenters. The first-order chi connectivity index (χ1) is 5.91. The van der Waals surface area contributed by atoms with E-state index in [2.05, 4.69) is 0 Å². The van der Waals surface area contributed by atoms with E-state index in [1.807, 2.05) is 0 Å². The van der Waals surface area contributed by atoms with Crippen LogP contribution in [0.2, 0.25) is 0 Å². The monoisotopic (exact) mass is 184 g/mol. The van der Waals surface area contributed by atoms with Crippen molar-refractivity contribution in [3.8, 4) is 0 Å². The lowest BCUT2D eigenvalue weighted by atomic mass is 9.92. The molecule has 0 N–H and O–H groups in total. The summed E-state index contributed by atoms with van der Waals surface area (Å²) in [6.45, 7) is 3.78. The third-order valence-corrected chi connectivity index (χ3v) is 1.67. The van der Waals surface area contributed by atoms with Crippen molar-refractivity contribution in [3.05, 3.63) is 0 Å². The first kappa shape index (κ1) is 11.7. The minimum Gasteiger partial charge on any atom is -0.299 e. The van der Waals surface area contributed by atoms with Gasteiger partial charge in [0.25, 0.3) is 0 Å². The highest BCUT2D eigenvalue weighted by atomic mass is 16.2. The second-order valence-corrected chi connectivity index (χ2v) is 2.80. The maximum atomic E-state index is 11.2. The predicted molar refractivity (Wildman–Crippen MR) is 45.2 cm³/mol. The van der Waals surface area contributed by atoms with Gasteiger partial charge in [-0.15, -0.1) is 0 Å².